The second-order valence-corrected chi connectivity index (χ2v) is 14.1. The average Bonchev–Trinajstić information content (AvgIpc) is 3.41. The van der Waals surface area contributed by atoms with Crippen molar-refractivity contribution in [1.29, 1.82) is 0 Å². The first-order chi connectivity index (χ1) is 24.6. The lowest BCUT2D eigenvalue weighted by molar-refractivity contribution is 0.660. The highest BCUT2D eigenvalue weighted by molar-refractivity contribution is 6.20. The largest absolute Gasteiger partial charge is 0.309 e. The van der Waals surface area contributed by atoms with Gasteiger partial charge in [-0.1, -0.05) is 166 Å². The van der Waals surface area contributed by atoms with Crippen LogP contribution in [0.3, 0.4) is 0 Å². The second kappa shape index (κ2) is 10.9. The topological polar surface area (TPSA) is 3.24 Å². The van der Waals surface area contributed by atoms with Gasteiger partial charge < -0.3 is 4.90 Å². The molecule has 0 amide bonds. The Morgan fingerprint density at radius 3 is 1.80 bits per heavy atom. The fourth-order valence-corrected chi connectivity index (χ4v) is 8.65. The summed E-state index contributed by atoms with van der Waals surface area (Å²) >= 11 is 0. The molecule has 236 valence electrons. The van der Waals surface area contributed by atoms with E-state index in [4.69, 9.17) is 0 Å². The van der Waals surface area contributed by atoms with Crippen LogP contribution in [0.4, 0.5) is 17.1 Å². The number of anilines is 3. The molecule has 1 aliphatic carbocycles. The first-order valence-electron chi connectivity index (χ1n) is 17.5. The molecule has 0 unspecified atom stereocenters. The highest BCUT2D eigenvalue weighted by atomic mass is 15.1. The molecule has 1 heteroatoms. The molecule has 0 radical (unpaired) electrons. The van der Waals surface area contributed by atoms with Crippen LogP contribution in [0.1, 0.15) is 25.0 Å². The standard InChI is InChI=1S/C49H35N/c1-49(2)43-21-9-7-19-42(43)48-44(49)22-12-24-46(48)50(45-23-10-8-18-41(45)40-20-11-15-32-13-3-5-16-37(32)40)36-29-30-39-35(31-36)28-27-34-26-25-33-14-4-6-17-38(33)47(34)39/h3-31H,1-2H3. The molecule has 10 rings (SSSR count). The number of hydrogen-bond acceptors (Lipinski definition) is 1. The normalized spacial score (nSPS) is 13.2. The molecule has 0 heterocycles. The summed E-state index contributed by atoms with van der Waals surface area (Å²) in [4.78, 5) is 2.51. The fraction of sp³-hybridized carbons (Fsp3) is 0.0612. The van der Waals surface area contributed by atoms with E-state index in [2.05, 4.69) is 195 Å². The molecule has 9 aromatic carbocycles. The highest BCUT2D eigenvalue weighted by Gasteiger charge is 2.38. The van der Waals surface area contributed by atoms with E-state index in [9.17, 15) is 0 Å². The van der Waals surface area contributed by atoms with Gasteiger partial charge in [0.05, 0.1) is 11.4 Å². The lowest BCUT2D eigenvalue weighted by atomic mass is 9.82. The average molecular weight is 638 g/mol. The first-order valence-corrected chi connectivity index (χ1v) is 17.5. The quantitative estimate of drug-likeness (QED) is 0.174. The summed E-state index contributed by atoms with van der Waals surface area (Å²) < 4.78 is 0. The summed E-state index contributed by atoms with van der Waals surface area (Å²) in [5.41, 5.74) is 11.2. The number of benzene rings is 9. The molecule has 0 saturated carbocycles. The van der Waals surface area contributed by atoms with E-state index in [1.54, 1.807) is 0 Å². The highest BCUT2D eigenvalue weighted by Crippen LogP contribution is 2.55. The predicted molar refractivity (Wildman–Crippen MR) is 214 cm³/mol. The molecule has 0 bridgehead atoms. The van der Waals surface area contributed by atoms with Gasteiger partial charge in [0.1, 0.15) is 0 Å². The fourth-order valence-electron chi connectivity index (χ4n) is 8.65. The number of fused-ring (bicyclic) bond motifs is 9. The molecular formula is C49H35N. The van der Waals surface area contributed by atoms with Crippen molar-refractivity contribution in [2.45, 2.75) is 19.3 Å². The van der Waals surface area contributed by atoms with E-state index in [0.717, 1.165) is 11.4 Å². The minimum Gasteiger partial charge on any atom is -0.309 e. The van der Waals surface area contributed by atoms with Crippen LogP contribution in [0.5, 0.6) is 0 Å². The molecule has 1 nitrogen and oxygen atoms in total. The van der Waals surface area contributed by atoms with E-state index < -0.39 is 0 Å². The summed E-state index contributed by atoms with van der Waals surface area (Å²) in [6.45, 7) is 4.72. The monoisotopic (exact) mass is 637 g/mol. The SMILES string of the molecule is CC1(C)c2ccccc2-c2c(N(c3ccc4c(ccc5ccc6ccccc6c54)c3)c3ccccc3-c3cccc4ccccc34)cccc21. The minimum atomic E-state index is -0.105. The maximum atomic E-state index is 2.51. The number of nitrogens with zero attached hydrogens (tertiary/aromatic N) is 1. The lowest BCUT2D eigenvalue weighted by Crippen LogP contribution is -2.16. The van der Waals surface area contributed by atoms with Crippen LogP contribution < -0.4 is 4.90 Å². The number of hydrogen-bond donors (Lipinski definition) is 0. The van der Waals surface area contributed by atoms with E-state index in [1.807, 2.05) is 0 Å². The summed E-state index contributed by atoms with van der Waals surface area (Å²) in [5.74, 6) is 0. The van der Waals surface area contributed by atoms with E-state index in [1.165, 1.54) is 82.2 Å². The maximum Gasteiger partial charge on any atom is 0.0543 e. The van der Waals surface area contributed by atoms with E-state index >= 15 is 0 Å². The van der Waals surface area contributed by atoms with Crippen molar-refractivity contribution in [3.8, 4) is 22.3 Å². The van der Waals surface area contributed by atoms with Crippen LogP contribution in [-0.4, -0.2) is 0 Å². The Hall–Kier alpha value is -6.18. The molecule has 0 spiro atoms. The van der Waals surface area contributed by atoms with Gasteiger partial charge in [0.2, 0.25) is 0 Å². The van der Waals surface area contributed by atoms with Gasteiger partial charge in [-0.3, -0.25) is 0 Å². The third-order valence-corrected chi connectivity index (χ3v) is 11.0. The van der Waals surface area contributed by atoms with Gasteiger partial charge in [-0.15, -0.1) is 0 Å². The number of rotatable bonds is 4. The van der Waals surface area contributed by atoms with Crippen molar-refractivity contribution < 1.29 is 0 Å². The van der Waals surface area contributed by atoms with Gasteiger partial charge in [0.15, 0.2) is 0 Å². The Morgan fingerprint density at radius 1 is 0.380 bits per heavy atom. The summed E-state index contributed by atoms with van der Waals surface area (Å²) in [6.07, 6.45) is 0. The molecule has 0 aliphatic heterocycles. The zero-order valence-corrected chi connectivity index (χ0v) is 28.2. The zero-order valence-electron chi connectivity index (χ0n) is 28.2. The predicted octanol–water partition coefficient (Wildman–Crippen LogP) is 13.7. The van der Waals surface area contributed by atoms with Gasteiger partial charge in [0, 0.05) is 22.2 Å². The maximum absolute atomic E-state index is 2.51. The molecule has 0 fully saturated rings. The first kappa shape index (κ1) is 28.8. The van der Waals surface area contributed by atoms with Crippen molar-refractivity contribution >= 4 is 60.2 Å². The van der Waals surface area contributed by atoms with E-state index in [-0.39, 0.29) is 5.41 Å². The van der Waals surface area contributed by atoms with Crippen molar-refractivity contribution in [1.82, 2.24) is 0 Å². The Labute approximate surface area is 292 Å². The Kier molecular flexibility index (Phi) is 6.29. The van der Waals surface area contributed by atoms with Gasteiger partial charge in [-0.2, -0.15) is 0 Å². The molecule has 0 aromatic heterocycles. The molecule has 0 atom stereocenters. The van der Waals surface area contributed by atoms with Crippen LogP contribution in [0.2, 0.25) is 0 Å². The summed E-state index contributed by atoms with van der Waals surface area (Å²) in [6, 6.07) is 65.0. The Morgan fingerprint density at radius 2 is 0.940 bits per heavy atom. The van der Waals surface area contributed by atoms with Crippen LogP contribution in [0, 0.1) is 0 Å². The Bertz CT molecular complexity index is 2800. The van der Waals surface area contributed by atoms with Crippen molar-refractivity contribution in [2.24, 2.45) is 0 Å². The number of para-hydroxylation sites is 1. The molecule has 50 heavy (non-hydrogen) atoms. The smallest absolute Gasteiger partial charge is 0.0543 e. The lowest BCUT2D eigenvalue weighted by Gasteiger charge is -2.31. The molecule has 0 N–H and O–H groups in total. The summed E-state index contributed by atoms with van der Waals surface area (Å²) in [5, 5.41) is 10.1. The van der Waals surface area contributed by atoms with E-state index in [0.29, 0.717) is 0 Å². The van der Waals surface area contributed by atoms with Crippen LogP contribution in [0.15, 0.2) is 176 Å². The minimum absolute atomic E-state index is 0.105. The molecule has 9 aromatic rings. The van der Waals surface area contributed by atoms with Crippen molar-refractivity contribution in [3.63, 3.8) is 0 Å². The van der Waals surface area contributed by atoms with Gasteiger partial charge in [-0.25, -0.2) is 0 Å². The van der Waals surface area contributed by atoms with Crippen LogP contribution in [0.25, 0.3) is 65.3 Å². The Balaban J connectivity index is 1.28. The summed E-state index contributed by atoms with van der Waals surface area (Å²) in [7, 11) is 0. The third kappa shape index (κ3) is 4.20. The van der Waals surface area contributed by atoms with Gasteiger partial charge in [-0.05, 0) is 89.6 Å². The van der Waals surface area contributed by atoms with Crippen molar-refractivity contribution in [2.75, 3.05) is 4.90 Å². The van der Waals surface area contributed by atoms with Crippen LogP contribution >= 0.6 is 0 Å². The molecule has 0 saturated heterocycles. The van der Waals surface area contributed by atoms with Gasteiger partial charge in [0.25, 0.3) is 0 Å². The molecule has 1 aliphatic rings. The zero-order chi connectivity index (χ0) is 33.4. The second-order valence-electron chi connectivity index (χ2n) is 14.1. The van der Waals surface area contributed by atoms with Crippen LogP contribution in [-0.2, 0) is 5.41 Å². The molecular weight excluding hydrogens is 603 g/mol. The third-order valence-electron chi connectivity index (χ3n) is 11.0. The van der Waals surface area contributed by atoms with Crippen molar-refractivity contribution in [3.05, 3.63) is 187 Å². The van der Waals surface area contributed by atoms with Gasteiger partial charge >= 0.3 is 0 Å².